The van der Waals surface area contributed by atoms with Gasteiger partial charge in [-0.1, -0.05) is 41.6 Å². The Bertz CT molecular complexity index is 1720. The number of amides is 2. The number of hydrogen-bond donors (Lipinski definition) is 1. The Balaban J connectivity index is 1.32. The van der Waals surface area contributed by atoms with Gasteiger partial charge in [-0.3, -0.25) is 9.59 Å². The molecule has 0 saturated heterocycles. The minimum Gasteiger partial charge on any atom is -0.361 e. The second-order valence-electron chi connectivity index (χ2n) is 9.28. The highest BCUT2D eigenvalue weighted by atomic mass is 32.1. The van der Waals surface area contributed by atoms with Crippen LogP contribution in [0.5, 0.6) is 0 Å². The van der Waals surface area contributed by atoms with Crippen LogP contribution in [-0.2, 0) is 6.42 Å². The summed E-state index contributed by atoms with van der Waals surface area (Å²) in [7, 11) is 0. The number of thiophene rings is 1. The number of nitrogens with one attached hydrogen (secondary N) is 1. The minimum atomic E-state index is -0.474. The highest BCUT2D eigenvalue weighted by molar-refractivity contribution is 7.17. The largest absolute Gasteiger partial charge is 0.361 e. The fourth-order valence-electron chi connectivity index (χ4n) is 4.77. The van der Waals surface area contributed by atoms with Gasteiger partial charge >= 0.3 is 0 Å². The summed E-state index contributed by atoms with van der Waals surface area (Å²) in [6, 6.07) is 19.5. The van der Waals surface area contributed by atoms with Crippen LogP contribution in [0.3, 0.4) is 0 Å². The van der Waals surface area contributed by atoms with Crippen molar-refractivity contribution in [1.82, 2.24) is 10.1 Å². The Labute approximate surface area is 227 Å². The molecule has 5 aromatic rings. The molecule has 194 valence electrons. The monoisotopic (exact) mass is 538 g/mol. The van der Waals surface area contributed by atoms with Crippen LogP contribution in [0.4, 0.5) is 15.8 Å². The van der Waals surface area contributed by atoms with Gasteiger partial charge in [-0.25, -0.2) is 9.37 Å². The SMILES string of the molecule is Cc1cccc(F)c1NC(=O)c1cc2c(s1)-c1ccccc1N(C(=O)c1cccc(-c3cnoc3C)n1)CC2. The van der Waals surface area contributed by atoms with Crippen LogP contribution >= 0.6 is 11.3 Å². The molecule has 0 spiro atoms. The zero-order valence-electron chi connectivity index (χ0n) is 21.2. The molecule has 0 fully saturated rings. The molecular formula is C30H23FN4O3S. The molecule has 39 heavy (non-hydrogen) atoms. The quantitative estimate of drug-likeness (QED) is 0.276. The highest BCUT2D eigenvalue weighted by Gasteiger charge is 2.28. The predicted molar refractivity (Wildman–Crippen MR) is 149 cm³/mol. The van der Waals surface area contributed by atoms with E-state index in [0.717, 1.165) is 27.3 Å². The Morgan fingerprint density at radius 1 is 1.03 bits per heavy atom. The molecule has 0 radical (unpaired) electrons. The van der Waals surface area contributed by atoms with E-state index in [2.05, 4.69) is 15.5 Å². The first-order chi connectivity index (χ1) is 18.9. The van der Waals surface area contributed by atoms with Crippen molar-refractivity contribution in [2.24, 2.45) is 0 Å². The van der Waals surface area contributed by atoms with E-state index in [9.17, 15) is 14.0 Å². The lowest BCUT2D eigenvalue weighted by Gasteiger charge is -2.22. The molecule has 0 bridgehead atoms. The number of para-hydroxylation sites is 2. The van der Waals surface area contributed by atoms with Gasteiger partial charge < -0.3 is 14.7 Å². The van der Waals surface area contributed by atoms with Gasteiger partial charge in [0, 0.05) is 17.0 Å². The van der Waals surface area contributed by atoms with Gasteiger partial charge in [0.25, 0.3) is 11.8 Å². The number of aryl methyl sites for hydroxylation is 2. The predicted octanol–water partition coefficient (Wildman–Crippen LogP) is 6.68. The van der Waals surface area contributed by atoms with Crippen molar-refractivity contribution in [1.29, 1.82) is 0 Å². The molecule has 4 heterocycles. The molecule has 0 unspecified atom stereocenters. The number of benzene rings is 2. The summed E-state index contributed by atoms with van der Waals surface area (Å²) >= 11 is 1.34. The molecule has 1 N–H and O–H groups in total. The molecule has 7 nitrogen and oxygen atoms in total. The number of nitrogens with zero attached hydrogens (tertiary/aromatic N) is 3. The number of aromatic nitrogens is 2. The van der Waals surface area contributed by atoms with Crippen molar-refractivity contribution in [3.8, 4) is 21.7 Å². The molecule has 3 aromatic heterocycles. The third-order valence-corrected chi connectivity index (χ3v) is 7.99. The molecular weight excluding hydrogens is 515 g/mol. The summed E-state index contributed by atoms with van der Waals surface area (Å²) in [5.74, 6) is -0.433. The van der Waals surface area contributed by atoms with Gasteiger partial charge in [-0.15, -0.1) is 11.3 Å². The summed E-state index contributed by atoms with van der Waals surface area (Å²) in [4.78, 5) is 34.6. The third-order valence-electron chi connectivity index (χ3n) is 6.78. The number of halogens is 1. The second-order valence-corrected chi connectivity index (χ2v) is 10.3. The van der Waals surface area contributed by atoms with Crippen LogP contribution in [0.25, 0.3) is 21.7 Å². The highest BCUT2D eigenvalue weighted by Crippen LogP contribution is 2.42. The smallest absolute Gasteiger partial charge is 0.276 e. The van der Waals surface area contributed by atoms with Gasteiger partial charge in [0.05, 0.1) is 33.7 Å². The van der Waals surface area contributed by atoms with E-state index in [-0.39, 0.29) is 17.5 Å². The van der Waals surface area contributed by atoms with E-state index in [1.807, 2.05) is 36.4 Å². The Morgan fingerprint density at radius 3 is 2.64 bits per heavy atom. The molecule has 0 saturated carbocycles. The molecule has 1 aliphatic heterocycles. The first kappa shape index (κ1) is 24.7. The van der Waals surface area contributed by atoms with Crippen molar-refractivity contribution in [3.05, 3.63) is 106 Å². The number of fused-ring (bicyclic) bond motifs is 3. The maximum Gasteiger partial charge on any atom is 0.276 e. The molecule has 9 heteroatoms. The maximum absolute atomic E-state index is 14.3. The van der Waals surface area contributed by atoms with Crippen LogP contribution in [0, 0.1) is 19.7 Å². The van der Waals surface area contributed by atoms with Gasteiger partial charge in [-0.05, 0) is 61.7 Å². The van der Waals surface area contributed by atoms with E-state index < -0.39 is 5.82 Å². The van der Waals surface area contributed by atoms with Crippen LogP contribution in [0.15, 0.2) is 77.4 Å². The van der Waals surface area contributed by atoms with Crippen molar-refractivity contribution >= 4 is 34.5 Å². The van der Waals surface area contributed by atoms with Gasteiger partial charge in [-0.2, -0.15) is 0 Å². The second kappa shape index (κ2) is 9.92. The lowest BCUT2D eigenvalue weighted by atomic mass is 10.1. The lowest BCUT2D eigenvalue weighted by molar-refractivity contribution is 0.0981. The van der Waals surface area contributed by atoms with Crippen LogP contribution in [-0.4, -0.2) is 28.5 Å². The average molecular weight is 539 g/mol. The summed E-state index contributed by atoms with van der Waals surface area (Å²) in [6.45, 7) is 3.96. The summed E-state index contributed by atoms with van der Waals surface area (Å²) < 4.78 is 19.5. The van der Waals surface area contributed by atoms with E-state index >= 15 is 0 Å². The lowest BCUT2D eigenvalue weighted by Crippen LogP contribution is -2.33. The molecule has 1 aliphatic rings. The molecule has 6 rings (SSSR count). The number of carbonyl (C=O) groups is 2. The zero-order valence-corrected chi connectivity index (χ0v) is 22.0. The van der Waals surface area contributed by atoms with Crippen molar-refractivity contribution in [3.63, 3.8) is 0 Å². The average Bonchev–Trinajstić information content (AvgIpc) is 3.54. The zero-order chi connectivity index (χ0) is 27.1. The molecule has 2 amide bonds. The van der Waals surface area contributed by atoms with E-state index in [4.69, 9.17) is 4.52 Å². The summed E-state index contributed by atoms with van der Waals surface area (Å²) in [6.07, 6.45) is 2.13. The van der Waals surface area contributed by atoms with Gasteiger partial charge in [0.2, 0.25) is 0 Å². The Hall–Kier alpha value is -4.63. The minimum absolute atomic E-state index is 0.180. The molecule has 2 aromatic carbocycles. The fourth-order valence-corrected chi connectivity index (χ4v) is 5.91. The molecule has 0 atom stereocenters. The first-order valence-electron chi connectivity index (χ1n) is 12.4. The fraction of sp³-hybridized carbons (Fsp3) is 0.133. The number of anilines is 2. The standard InChI is InChI=1S/C30H23FN4O3S/c1-17-7-5-9-22(31)27(17)34-29(36)26-15-19-13-14-35(25-12-4-3-8-20(25)28(19)39-26)30(37)24-11-6-10-23(33-24)21-16-32-38-18(21)2/h3-12,15-16H,13-14H2,1-2H3,(H,34,36). The van der Waals surface area contributed by atoms with E-state index in [0.29, 0.717) is 40.6 Å². The van der Waals surface area contributed by atoms with Crippen LogP contribution < -0.4 is 10.2 Å². The van der Waals surface area contributed by atoms with Crippen LogP contribution in [0.2, 0.25) is 0 Å². The normalized spacial score (nSPS) is 12.4. The number of carbonyl (C=O) groups excluding carboxylic acids is 2. The number of hydrogen-bond acceptors (Lipinski definition) is 6. The summed E-state index contributed by atoms with van der Waals surface area (Å²) in [5.41, 5.74) is 5.05. The van der Waals surface area contributed by atoms with E-state index in [1.165, 1.54) is 17.4 Å². The van der Waals surface area contributed by atoms with Gasteiger partial charge in [0.1, 0.15) is 17.3 Å². The number of pyridine rings is 1. The molecule has 0 aliphatic carbocycles. The maximum atomic E-state index is 14.3. The first-order valence-corrected chi connectivity index (χ1v) is 13.2. The summed E-state index contributed by atoms with van der Waals surface area (Å²) in [5, 5.41) is 6.54. The van der Waals surface area contributed by atoms with Crippen molar-refractivity contribution < 1.29 is 18.5 Å². The topological polar surface area (TPSA) is 88.3 Å². The van der Waals surface area contributed by atoms with Crippen molar-refractivity contribution in [2.45, 2.75) is 20.3 Å². The van der Waals surface area contributed by atoms with Crippen LogP contribution in [0.1, 0.15) is 37.0 Å². The number of rotatable bonds is 4. The third kappa shape index (κ3) is 4.51. The van der Waals surface area contributed by atoms with Gasteiger partial charge in [0.15, 0.2) is 0 Å². The van der Waals surface area contributed by atoms with Crippen molar-refractivity contribution in [2.75, 3.05) is 16.8 Å². The Morgan fingerprint density at radius 2 is 1.85 bits per heavy atom. The van der Waals surface area contributed by atoms with E-state index in [1.54, 1.807) is 49.2 Å². The Kier molecular flexibility index (Phi) is 6.28.